The van der Waals surface area contributed by atoms with E-state index in [1.165, 1.54) is 24.3 Å². The maximum Gasteiger partial charge on any atom is 0.416 e. The first-order chi connectivity index (χ1) is 17.0. The van der Waals surface area contributed by atoms with E-state index in [1.807, 2.05) is 6.07 Å². The molecule has 1 heterocycles. The fourth-order valence-corrected chi connectivity index (χ4v) is 3.56. The minimum absolute atomic E-state index is 0.0182. The molecule has 0 aromatic heterocycles. The van der Waals surface area contributed by atoms with Crippen molar-refractivity contribution in [1.82, 2.24) is 0 Å². The summed E-state index contributed by atoms with van der Waals surface area (Å²) in [4.78, 5) is 24.7. The third kappa shape index (κ3) is 5.96. The minimum atomic E-state index is -4.53. The van der Waals surface area contributed by atoms with Gasteiger partial charge in [-0.05, 0) is 49.7 Å². The van der Waals surface area contributed by atoms with Gasteiger partial charge in [0.2, 0.25) is 5.88 Å². The Morgan fingerprint density at radius 1 is 1.19 bits per heavy atom. The highest BCUT2D eigenvalue weighted by atomic mass is 19.4. The number of carbonyl (C=O) groups excluding carboxylic acids is 2. The number of anilines is 1. The molecule has 2 aromatic rings. The number of hydrogen-bond donors (Lipinski definition) is 2. The molecule has 0 aliphatic carbocycles. The second-order valence-corrected chi connectivity index (χ2v) is 7.60. The van der Waals surface area contributed by atoms with Gasteiger partial charge in [0.15, 0.2) is 6.61 Å². The summed E-state index contributed by atoms with van der Waals surface area (Å²) < 4.78 is 54.4. The molecular formula is C25H22F3N3O5. The summed E-state index contributed by atoms with van der Waals surface area (Å²) >= 11 is 0. The predicted octanol–water partition coefficient (Wildman–Crippen LogP) is 4.37. The number of nitrogens with two attached hydrogens (primary N) is 1. The largest absolute Gasteiger partial charge is 0.484 e. The van der Waals surface area contributed by atoms with Gasteiger partial charge in [-0.15, -0.1) is 0 Å². The molecule has 0 spiro atoms. The van der Waals surface area contributed by atoms with Crippen LogP contribution >= 0.6 is 0 Å². The van der Waals surface area contributed by atoms with Gasteiger partial charge >= 0.3 is 12.1 Å². The number of carbonyl (C=O) groups is 2. The zero-order valence-electron chi connectivity index (χ0n) is 19.3. The zero-order chi connectivity index (χ0) is 26.5. The molecule has 0 saturated heterocycles. The van der Waals surface area contributed by atoms with Gasteiger partial charge in [-0.3, -0.25) is 4.79 Å². The third-order valence-electron chi connectivity index (χ3n) is 5.16. The van der Waals surface area contributed by atoms with Crippen molar-refractivity contribution in [2.45, 2.75) is 25.9 Å². The Morgan fingerprint density at radius 3 is 2.50 bits per heavy atom. The molecule has 0 radical (unpaired) electrons. The van der Waals surface area contributed by atoms with Gasteiger partial charge < -0.3 is 25.3 Å². The molecule has 1 aliphatic rings. The maximum absolute atomic E-state index is 12.8. The van der Waals surface area contributed by atoms with Crippen molar-refractivity contribution >= 4 is 17.6 Å². The Bertz CT molecular complexity index is 1260. The lowest BCUT2D eigenvalue weighted by molar-refractivity contribution is -0.139. The van der Waals surface area contributed by atoms with Gasteiger partial charge in [0.1, 0.15) is 23.2 Å². The van der Waals surface area contributed by atoms with Crippen LogP contribution in [0.2, 0.25) is 0 Å². The fraction of sp³-hybridized carbons (Fsp3) is 0.240. The highest BCUT2D eigenvalue weighted by Crippen LogP contribution is 2.40. The normalized spacial score (nSPS) is 15.6. The van der Waals surface area contributed by atoms with Crippen LogP contribution in [0.25, 0.3) is 0 Å². The summed E-state index contributed by atoms with van der Waals surface area (Å²) in [5.41, 5.74) is 5.67. The summed E-state index contributed by atoms with van der Waals surface area (Å²) in [6.07, 6.45) is -4.53. The number of rotatable bonds is 7. The van der Waals surface area contributed by atoms with Crippen LogP contribution < -0.4 is 15.8 Å². The smallest absolute Gasteiger partial charge is 0.416 e. The molecule has 188 valence electrons. The van der Waals surface area contributed by atoms with Gasteiger partial charge in [-0.2, -0.15) is 18.4 Å². The number of hydrogen-bond acceptors (Lipinski definition) is 7. The molecular weight excluding hydrogens is 479 g/mol. The SMILES string of the molecule is CCOC(=O)C1=C(C)OC(N)=C(C#N)C1c1ccc(OCC(=O)Nc2cccc(C(F)(F)F)c2)cc1. The quantitative estimate of drug-likeness (QED) is 0.540. The second-order valence-electron chi connectivity index (χ2n) is 7.60. The summed E-state index contributed by atoms with van der Waals surface area (Å²) in [6, 6.07) is 12.4. The molecule has 1 aliphatic heterocycles. The molecule has 3 N–H and O–H groups in total. The molecule has 11 heteroatoms. The Labute approximate surface area is 204 Å². The highest BCUT2D eigenvalue weighted by molar-refractivity contribution is 5.93. The van der Waals surface area contributed by atoms with Crippen LogP contribution in [0.15, 0.2) is 71.3 Å². The number of halogens is 3. The van der Waals surface area contributed by atoms with Crippen LogP contribution in [0.5, 0.6) is 5.75 Å². The first-order valence-electron chi connectivity index (χ1n) is 10.7. The number of nitrogens with one attached hydrogen (secondary N) is 1. The molecule has 0 saturated carbocycles. The molecule has 3 rings (SSSR count). The predicted molar refractivity (Wildman–Crippen MR) is 122 cm³/mol. The van der Waals surface area contributed by atoms with Crippen molar-refractivity contribution in [3.05, 3.63) is 82.4 Å². The van der Waals surface area contributed by atoms with Crippen molar-refractivity contribution in [1.29, 1.82) is 5.26 Å². The van der Waals surface area contributed by atoms with Gasteiger partial charge in [0.25, 0.3) is 5.91 Å². The average Bonchev–Trinajstić information content (AvgIpc) is 2.82. The zero-order valence-corrected chi connectivity index (χ0v) is 19.3. The Kier molecular flexibility index (Phi) is 7.89. The third-order valence-corrected chi connectivity index (χ3v) is 5.16. The van der Waals surface area contributed by atoms with E-state index in [4.69, 9.17) is 19.9 Å². The standard InChI is InChI=1S/C25H22F3N3O5/c1-3-34-24(33)21-14(2)36-23(30)19(12-29)22(21)15-7-9-18(10-8-15)35-13-20(32)31-17-6-4-5-16(11-17)25(26,27)28/h4-11,22H,3,13,30H2,1-2H3,(H,31,32). The van der Waals surface area contributed by atoms with Crippen LogP contribution in [-0.2, 0) is 25.2 Å². The van der Waals surface area contributed by atoms with Crippen molar-refractivity contribution in [3.8, 4) is 11.8 Å². The lowest BCUT2D eigenvalue weighted by atomic mass is 9.83. The topological polar surface area (TPSA) is 124 Å². The number of ether oxygens (including phenoxy) is 3. The molecule has 36 heavy (non-hydrogen) atoms. The maximum atomic E-state index is 12.8. The first-order valence-corrected chi connectivity index (χ1v) is 10.7. The summed E-state index contributed by atoms with van der Waals surface area (Å²) in [5.74, 6) is -1.78. The van der Waals surface area contributed by atoms with E-state index in [1.54, 1.807) is 26.0 Å². The highest BCUT2D eigenvalue weighted by Gasteiger charge is 2.36. The van der Waals surface area contributed by atoms with Crippen molar-refractivity contribution in [2.75, 3.05) is 18.5 Å². The van der Waals surface area contributed by atoms with Crippen molar-refractivity contribution < 1.29 is 37.0 Å². The summed E-state index contributed by atoms with van der Waals surface area (Å²) in [7, 11) is 0. The van der Waals surface area contributed by atoms with Gasteiger partial charge in [-0.1, -0.05) is 18.2 Å². The fourth-order valence-electron chi connectivity index (χ4n) is 3.56. The molecule has 0 bridgehead atoms. The van der Waals surface area contributed by atoms with E-state index in [0.717, 1.165) is 12.1 Å². The Morgan fingerprint density at radius 2 is 1.89 bits per heavy atom. The van der Waals surface area contributed by atoms with Gasteiger partial charge in [-0.25, -0.2) is 4.79 Å². The summed E-state index contributed by atoms with van der Waals surface area (Å²) in [6.45, 7) is 2.85. The molecule has 2 aromatic carbocycles. The average molecular weight is 501 g/mol. The molecule has 1 unspecified atom stereocenters. The number of nitriles is 1. The number of esters is 1. The van der Waals surface area contributed by atoms with E-state index in [2.05, 4.69) is 5.32 Å². The van der Waals surface area contributed by atoms with Crippen molar-refractivity contribution in [2.24, 2.45) is 5.73 Å². The number of allylic oxidation sites excluding steroid dienone is 2. The Balaban J connectivity index is 1.73. The molecule has 0 fully saturated rings. The van der Waals surface area contributed by atoms with Gasteiger partial charge in [0.05, 0.1) is 23.7 Å². The number of benzene rings is 2. The molecule has 8 nitrogen and oxygen atoms in total. The van der Waals surface area contributed by atoms with E-state index in [0.29, 0.717) is 5.56 Å². The van der Waals surface area contributed by atoms with Crippen LogP contribution in [0.4, 0.5) is 18.9 Å². The minimum Gasteiger partial charge on any atom is -0.484 e. The van der Waals surface area contributed by atoms with Crippen molar-refractivity contribution in [3.63, 3.8) is 0 Å². The van der Waals surface area contributed by atoms with E-state index < -0.39 is 36.1 Å². The van der Waals surface area contributed by atoms with E-state index in [9.17, 15) is 28.0 Å². The van der Waals surface area contributed by atoms with E-state index >= 15 is 0 Å². The number of amides is 1. The lowest BCUT2D eigenvalue weighted by Crippen LogP contribution is -2.25. The van der Waals surface area contributed by atoms with E-state index in [-0.39, 0.29) is 40.8 Å². The Hall–Kier alpha value is -4.46. The first kappa shape index (κ1) is 26.2. The van der Waals surface area contributed by atoms with Crippen LogP contribution in [0.3, 0.4) is 0 Å². The molecule has 1 amide bonds. The second kappa shape index (κ2) is 10.9. The number of nitrogens with zero attached hydrogens (tertiary/aromatic N) is 1. The van der Waals surface area contributed by atoms with Gasteiger partial charge in [0, 0.05) is 5.69 Å². The monoisotopic (exact) mass is 501 g/mol. The number of alkyl halides is 3. The van der Waals surface area contributed by atoms with Crippen LogP contribution in [0.1, 0.15) is 30.9 Å². The lowest BCUT2D eigenvalue weighted by Gasteiger charge is -2.26. The van der Waals surface area contributed by atoms with Crippen LogP contribution in [0, 0.1) is 11.3 Å². The van der Waals surface area contributed by atoms with Crippen LogP contribution in [-0.4, -0.2) is 25.1 Å². The summed E-state index contributed by atoms with van der Waals surface area (Å²) in [5, 5.41) is 12.0. The molecule has 1 atom stereocenters.